The Morgan fingerprint density at radius 1 is 1.11 bits per heavy atom. The number of hydrogen-bond acceptors (Lipinski definition) is 8. The van der Waals surface area contributed by atoms with E-state index in [2.05, 4.69) is 20.6 Å². The van der Waals surface area contributed by atoms with E-state index in [1.165, 1.54) is 41.3 Å². The fraction of sp³-hybridized carbons (Fsp3) is 0.407. The van der Waals surface area contributed by atoms with Gasteiger partial charge in [0.1, 0.15) is 18.1 Å². The Balaban J connectivity index is 1.57. The van der Waals surface area contributed by atoms with Crippen molar-refractivity contribution < 1.29 is 31.0 Å². The number of likely N-dealkylation sites (tertiary alicyclic amines) is 1. The van der Waals surface area contributed by atoms with Gasteiger partial charge < -0.3 is 15.4 Å². The van der Waals surface area contributed by atoms with Crippen LogP contribution in [0.1, 0.15) is 56.9 Å². The second-order valence-corrected chi connectivity index (χ2v) is 10.2. The molecular formula is C27H36N6O3S. The highest BCUT2D eigenvalue weighted by Gasteiger charge is 2.22. The molecule has 2 aromatic carbocycles. The summed E-state index contributed by atoms with van der Waals surface area (Å²) < 4.78 is 137. The van der Waals surface area contributed by atoms with Gasteiger partial charge in [-0.1, -0.05) is 6.07 Å². The Morgan fingerprint density at radius 2 is 1.89 bits per heavy atom. The molecule has 0 unspecified atom stereocenters. The molecule has 0 aliphatic carbocycles. The van der Waals surface area contributed by atoms with Gasteiger partial charge in [0, 0.05) is 50.2 Å². The third-order valence-electron chi connectivity index (χ3n) is 5.12. The fourth-order valence-corrected chi connectivity index (χ4v) is 4.65. The highest BCUT2D eigenvalue weighted by atomic mass is 32.2. The maximum Gasteiger partial charge on any atom is 0.241 e. The zero-order chi connectivity index (χ0) is 37.6. The Labute approximate surface area is 238 Å². The van der Waals surface area contributed by atoms with Crippen LogP contribution in [0.3, 0.4) is 0 Å². The summed E-state index contributed by atoms with van der Waals surface area (Å²) in [4.78, 5) is 9.20. The van der Waals surface area contributed by atoms with Crippen molar-refractivity contribution in [3.8, 4) is 5.75 Å². The van der Waals surface area contributed by atoms with Crippen LogP contribution in [0.4, 0.5) is 23.1 Å². The molecule has 3 aromatic rings. The Morgan fingerprint density at radius 3 is 2.62 bits per heavy atom. The third-order valence-corrected chi connectivity index (χ3v) is 6.67. The van der Waals surface area contributed by atoms with Crippen molar-refractivity contribution in [1.29, 1.82) is 0 Å². The molecule has 1 aromatic heterocycles. The Bertz CT molecular complexity index is 1760. The van der Waals surface area contributed by atoms with Gasteiger partial charge in [-0.25, -0.2) is 18.1 Å². The second kappa shape index (κ2) is 11.5. The van der Waals surface area contributed by atoms with E-state index in [0.29, 0.717) is 18.8 Å². The number of nitrogens with zero attached hydrogens (tertiary/aromatic N) is 3. The lowest BCUT2D eigenvalue weighted by Gasteiger charge is -2.20. The van der Waals surface area contributed by atoms with Gasteiger partial charge in [0.25, 0.3) is 0 Å². The molecule has 198 valence electrons. The lowest BCUT2D eigenvalue weighted by molar-refractivity contribution is 0.238. The van der Waals surface area contributed by atoms with Crippen LogP contribution in [-0.2, 0) is 10.0 Å². The van der Waals surface area contributed by atoms with Gasteiger partial charge in [-0.15, -0.1) is 0 Å². The number of aromatic nitrogens is 2. The monoisotopic (exact) mass is 537 g/mol. The first-order valence-electron chi connectivity index (χ1n) is 17.9. The van der Waals surface area contributed by atoms with E-state index < -0.39 is 54.1 Å². The van der Waals surface area contributed by atoms with Crippen LogP contribution in [0.15, 0.2) is 59.6 Å². The van der Waals surface area contributed by atoms with Crippen LogP contribution in [0.2, 0.25) is 0 Å². The molecular weight excluding hydrogens is 488 g/mol. The number of hydrogen-bond donors (Lipinski definition) is 3. The van der Waals surface area contributed by atoms with E-state index in [4.69, 9.17) is 22.6 Å². The van der Waals surface area contributed by atoms with Crippen molar-refractivity contribution in [1.82, 2.24) is 19.6 Å². The topological polar surface area (TPSA) is 108 Å². The molecule has 0 bridgehead atoms. The third kappa shape index (κ3) is 7.88. The molecule has 0 saturated carbocycles. The van der Waals surface area contributed by atoms with Gasteiger partial charge in [0.05, 0.1) is 7.64 Å². The molecule has 2 heterocycles. The second-order valence-electron chi connectivity index (χ2n) is 8.50. The zero-order valence-corrected chi connectivity index (χ0v) is 20.8. The van der Waals surface area contributed by atoms with Crippen LogP contribution in [-0.4, -0.2) is 55.0 Å². The molecule has 0 amide bonds. The zero-order valence-electron chi connectivity index (χ0n) is 33.0. The fourth-order valence-electron chi connectivity index (χ4n) is 3.45. The summed E-state index contributed by atoms with van der Waals surface area (Å²) in [6, 6.07) is 10.6. The van der Waals surface area contributed by atoms with E-state index in [-0.39, 0.29) is 28.8 Å². The number of rotatable bonds is 10. The van der Waals surface area contributed by atoms with Gasteiger partial charge >= 0.3 is 0 Å². The van der Waals surface area contributed by atoms with Gasteiger partial charge in [-0.2, -0.15) is 4.98 Å². The maximum atomic E-state index is 13.2. The highest BCUT2D eigenvalue weighted by molar-refractivity contribution is 7.89. The van der Waals surface area contributed by atoms with Crippen LogP contribution in [0.5, 0.6) is 5.75 Å². The summed E-state index contributed by atoms with van der Waals surface area (Å²) in [6.07, 6.45) is 2.56. The SMILES string of the molecule is [2H]C([2H])([2H])c1cnc(Nc2ccc(OC([2H])([2H])C([2H])([2H])N3CCCC3)cc2)nc1Nc1cccc(S(=O)(=O)NC(C)(C([2H])([2H])[2H])C([2H])([2H])[2H])c1. The summed E-state index contributed by atoms with van der Waals surface area (Å²) in [6.45, 7) is -12.7. The molecule has 1 aliphatic heterocycles. The number of nitrogens with one attached hydrogen (secondary N) is 3. The quantitative estimate of drug-likeness (QED) is 0.338. The van der Waals surface area contributed by atoms with Crippen molar-refractivity contribution in [3.63, 3.8) is 0 Å². The van der Waals surface area contributed by atoms with Gasteiger partial charge in [-0.3, -0.25) is 4.90 Å². The molecule has 0 spiro atoms. The standard InChI is InChI=1S/C27H36N6O3S/c1-20-19-28-26(30-21-10-12-23(13-11-21)36-17-16-33-14-5-6-15-33)31-25(20)29-22-8-7-9-24(18-22)37(34,35)32-27(2,3)4/h7-13,18-19,32H,5-6,14-17H2,1-4H3,(H2,28,29,30,31)/i1D3,2D3,3D3,16D2,17D2. The lowest BCUT2D eigenvalue weighted by atomic mass is 10.1. The van der Waals surface area contributed by atoms with Crippen molar-refractivity contribution in [2.24, 2.45) is 0 Å². The highest BCUT2D eigenvalue weighted by Crippen LogP contribution is 2.24. The molecule has 1 aliphatic rings. The van der Waals surface area contributed by atoms with E-state index in [1.807, 2.05) is 4.72 Å². The van der Waals surface area contributed by atoms with Crippen LogP contribution >= 0.6 is 0 Å². The smallest absolute Gasteiger partial charge is 0.241 e. The predicted molar refractivity (Wildman–Crippen MR) is 147 cm³/mol. The molecule has 4 rings (SSSR count). The average Bonchev–Trinajstić information content (AvgIpc) is 3.53. The predicted octanol–water partition coefficient (Wildman–Crippen LogP) is 4.82. The molecule has 9 nitrogen and oxygen atoms in total. The summed E-state index contributed by atoms with van der Waals surface area (Å²) in [5, 5.41) is 5.62. The van der Waals surface area contributed by atoms with Gasteiger partial charge in [0.15, 0.2) is 0 Å². The normalized spacial score (nSPS) is 21.5. The van der Waals surface area contributed by atoms with Crippen LogP contribution < -0.4 is 20.1 Å². The molecule has 1 fully saturated rings. The maximum absolute atomic E-state index is 13.2. The number of ether oxygens (including phenoxy) is 1. The number of anilines is 4. The lowest BCUT2D eigenvalue weighted by Crippen LogP contribution is -2.40. The number of benzene rings is 2. The minimum Gasteiger partial charge on any atom is -0.492 e. The summed E-state index contributed by atoms with van der Waals surface area (Å²) in [5.41, 5.74) is -2.78. The van der Waals surface area contributed by atoms with E-state index in [9.17, 15) is 8.42 Å². The first-order valence-corrected chi connectivity index (χ1v) is 12.8. The summed E-state index contributed by atoms with van der Waals surface area (Å²) in [7, 11) is -4.74. The van der Waals surface area contributed by atoms with E-state index >= 15 is 0 Å². The molecule has 0 atom stereocenters. The van der Waals surface area contributed by atoms with Crippen molar-refractivity contribution >= 4 is 33.2 Å². The summed E-state index contributed by atoms with van der Waals surface area (Å²) in [5.74, 6) is -0.282. The number of aryl methyl sites for hydroxylation is 1. The largest absolute Gasteiger partial charge is 0.492 e. The van der Waals surface area contributed by atoms with Crippen molar-refractivity contribution in [2.75, 3.05) is 36.8 Å². The first kappa shape index (κ1) is 14.7. The minimum atomic E-state index is -4.74. The molecule has 37 heavy (non-hydrogen) atoms. The van der Waals surface area contributed by atoms with Crippen LogP contribution in [0.25, 0.3) is 0 Å². The van der Waals surface area contributed by atoms with Crippen molar-refractivity contribution in [2.45, 2.75) is 50.8 Å². The first-order chi connectivity index (χ1) is 22.8. The van der Waals surface area contributed by atoms with E-state index in [1.54, 1.807) is 0 Å². The number of sulfonamides is 1. The van der Waals surface area contributed by atoms with Crippen LogP contribution in [0, 0.1) is 6.85 Å². The van der Waals surface area contributed by atoms with Crippen molar-refractivity contribution in [3.05, 3.63) is 60.3 Å². The molecule has 3 N–H and O–H groups in total. The van der Waals surface area contributed by atoms with E-state index in [0.717, 1.165) is 38.1 Å². The Hall–Kier alpha value is -3.21. The average molecular weight is 538 g/mol. The van der Waals surface area contributed by atoms with Gasteiger partial charge in [0.2, 0.25) is 16.0 Å². The molecule has 1 saturated heterocycles. The molecule has 0 radical (unpaired) electrons. The summed E-state index contributed by atoms with van der Waals surface area (Å²) >= 11 is 0. The minimum absolute atomic E-state index is 0.0112. The molecule has 10 heteroatoms. The van der Waals surface area contributed by atoms with Gasteiger partial charge in [-0.05, 0) is 95.9 Å². The Kier molecular flexibility index (Phi) is 4.54.